The first kappa shape index (κ1) is 20.4. The lowest BCUT2D eigenvalue weighted by molar-refractivity contribution is 0.0618. The van der Waals surface area contributed by atoms with Crippen molar-refractivity contribution >= 4 is 0 Å². The Morgan fingerprint density at radius 3 is 2.48 bits per heavy atom. The van der Waals surface area contributed by atoms with Crippen molar-refractivity contribution in [2.24, 2.45) is 0 Å². The molecule has 2 aromatic carbocycles. The molecule has 0 aliphatic carbocycles. The summed E-state index contributed by atoms with van der Waals surface area (Å²) in [4.78, 5) is 4.66. The van der Waals surface area contributed by atoms with Gasteiger partial charge >= 0.3 is 0 Å². The van der Waals surface area contributed by atoms with Gasteiger partial charge in [-0.3, -0.25) is 9.80 Å². The highest BCUT2D eigenvalue weighted by Gasteiger charge is 2.20. The zero-order valence-corrected chi connectivity index (χ0v) is 17.0. The van der Waals surface area contributed by atoms with Crippen molar-refractivity contribution in [2.45, 2.75) is 44.6 Å². The summed E-state index contributed by atoms with van der Waals surface area (Å²) in [6.07, 6.45) is 2.03. The number of likely N-dealkylation sites (tertiary alicyclic amines) is 1. The average molecular weight is 397 g/mol. The summed E-state index contributed by atoms with van der Waals surface area (Å²) in [6.45, 7) is 5.44. The highest BCUT2D eigenvalue weighted by atomic mass is 16.5. The van der Waals surface area contributed by atoms with Crippen molar-refractivity contribution in [1.82, 2.24) is 9.80 Å². The van der Waals surface area contributed by atoms with Gasteiger partial charge in [0.15, 0.2) is 0 Å². The van der Waals surface area contributed by atoms with Crippen LogP contribution in [0.2, 0.25) is 0 Å². The number of nitrogens with zero attached hydrogens (tertiary/aromatic N) is 2. The first-order valence-electron chi connectivity index (χ1n) is 10.8. The third kappa shape index (κ3) is 5.58. The molecule has 0 aromatic heterocycles. The second kappa shape index (κ2) is 9.72. The van der Waals surface area contributed by atoms with E-state index in [4.69, 9.17) is 4.74 Å². The Hall–Kier alpha value is -1.92. The van der Waals surface area contributed by atoms with Gasteiger partial charge in [0.1, 0.15) is 18.5 Å². The van der Waals surface area contributed by atoms with E-state index in [9.17, 15) is 10.2 Å². The molecule has 4 rings (SSSR count). The van der Waals surface area contributed by atoms with E-state index in [2.05, 4.69) is 40.1 Å². The number of rotatable bonds is 7. The maximum atomic E-state index is 10.5. The molecular formula is C24H32N2O3. The number of fused-ring (bicyclic) bond motifs is 1. The van der Waals surface area contributed by atoms with Gasteiger partial charge in [0.2, 0.25) is 0 Å². The van der Waals surface area contributed by atoms with Crippen LogP contribution in [0.25, 0.3) is 0 Å². The number of piperidine rings is 1. The molecule has 2 aliphatic heterocycles. The summed E-state index contributed by atoms with van der Waals surface area (Å²) in [5.41, 5.74) is 3.93. The Morgan fingerprint density at radius 1 is 0.931 bits per heavy atom. The van der Waals surface area contributed by atoms with E-state index in [0.29, 0.717) is 13.2 Å². The maximum Gasteiger partial charge on any atom is 0.123 e. The van der Waals surface area contributed by atoms with Crippen LogP contribution in [-0.2, 0) is 19.5 Å². The van der Waals surface area contributed by atoms with Crippen molar-refractivity contribution in [2.75, 3.05) is 32.8 Å². The largest absolute Gasteiger partial charge is 0.491 e. The van der Waals surface area contributed by atoms with Crippen molar-refractivity contribution in [3.05, 3.63) is 65.2 Å². The van der Waals surface area contributed by atoms with Crippen LogP contribution in [0.5, 0.6) is 5.75 Å². The molecule has 29 heavy (non-hydrogen) atoms. The van der Waals surface area contributed by atoms with E-state index in [-0.39, 0.29) is 6.10 Å². The number of benzene rings is 2. The Bertz CT molecular complexity index is 789. The number of hydrogen-bond acceptors (Lipinski definition) is 5. The fraction of sp³-hybridized carbons (Fsp3) is 0.500. The highest BCUT2D eigenvalue weighted by molar-refractivity contribution is 5.33. The average Bonchev–Trinajstić information content (AvgIpc) is 2.75. The molecule has 1 saturated heterocycles. The molecule has 2 aromatic rings. The zero-order chi connectivity index (χ0) is 20.1. The standard InChI is InChI=1S/C24H32N2O3/c27-22-10-13-25(14-11-22)16-21-7-3-4-8-24(21)29-18-23(28)17-26-12-9-19-5-1-2-6-20(19)15-26/h1-8,22-23,27-28H,9-18H2/t23-/m0/s1. The first-order chi connectivity index (χ1) is 14.2. The van der Waals surface area contributed by atoms with Crippen LogP contribution in [-0.4, -0.2) is 65.0 Å². The smallest absolute Gasteiger partial charge is 0.123 e. The molecule has 156 valence electrons. The van der Waals surface area contributed by atoms with Crippen LogP contribution in [0.3, 0.4) is 0 Å². The molecule has 5 nitrogen and oxygen atoms in total. The molecule has 0 spiro atoms. The predicted octanol–water partition coefficient (Wildman–Crippen LogP) is 2.44. The van der Waals surface area contributed by atoms with E-state index >= 15 is 0 Å². The van der Waals surface area contributed by atoms with Gasteiger partial charge in [0.05, 0.1) is 6.10 Å². The Balaban J connectivity index is 1.28. The second-order valence-electron chi connectivity index (χ2n) is 8.33. The molecule has 2 N–H and O–H groups in total. The topological polar surface area (TPSA) is 56.2 Å². The molecule has 5 heteroatoms. The third-order valence-electron chi connectivity index (χ3n) is 6.03. The molecule has 0 saturated carbocycles. The lowest BCUT2D eigenvalue weighted by atomic mass is 10.00. The van der Waals surface area contributed by atoms with Crippen LogP contribution in [0.1, 0.15) is 29.5 Å². The van der Waals surface area contributed by atoms with Crippen molar-refractivity contribution in [3.63, 3.8) is 0 Å². The lowest BCUT2D eigenvalue weighted by Gasteiger charge is -2.31. The zero-order valence-electron chi connectivity index (χ0n) is 17.0. The molecule has 2 heterocycles. The summed E-state index contributed by atoms with van der Waals surface area (Å²) in [5, 5.41) is 20.2. The lowest BCUT2D eigenvalue weighted by Crippen LogP contribution is -2.39. The monoisotopic (exact) mass is 396 g/mol. The van der Waals surface area contributed by atoms with Crippen LogP contribution >= 0.6 is 0 Å². The summed E-state index contributed by atoms with van der Waals surface area (Å²) in [7, 11) is 0. The maximum absolute atomic E-state index is 10.5. The molecule has 0 amide bonds. The predicted molar refractivity (Wildman–Crippen MR) is 114 cm³/mol. The highest BCUT2D eigenvalue weighted by Crippen LogP contribution is 2.23. The van der Waals surface area contributed by atoms with Gasteiger partial charge in [0.25, 0.3) is 0 Å². The summed E-state index contributed by atoms with van der Waals surface area (Å²) < 4.78 is 6.02. The molecular weight excluding hydrogens is 364 g/mol. The van der Waals surface area contributed by atoms with E-state index in [1.807, 2.05) is 18.2 Å². The number of ether oxygens (including phenoxy) is 1. The van der Waals surface area contributed by atoms with Crippen molar-refractivity contribution in [3.8, 4) is 5.75 Å². The van der Waals surface area contributed by atoms with Crippen LogP contribution in [0.15, 0.2) is 48.5 Å². The van der Waals surface area contributed by atoms with Crippen molar-refractivity contribution < 1.29 is 14.9 Å². The Labute approximate surface area is 173 Å². The fourth-order valence-corrected chi connectivity index (χ4v) is 4.34. The molecule has 1 fully saturated rings. The number of aliphatic hydroxyl groups excluding tert-OH is 2. The number of para-hydroxylation sites is 1. The van der Waals surface area contributed by atoms with E-state index in [1.165, 1.54) is 11.1 Å². The van der Waals surface area contributed by atoms with Crippen LogP contribution < -0.4 is 4.74 Å². The normalized spacial score (nSPS) is 19.7. The molecule has 0 unspecified atom stereocenters. The number of aliphatic hydroxyl groups is 2. The SMILES string of the molecule is OC1CCN(Cc2ccccc2OC[C@@H](O)CN2CCc3ccccc3C2)CC1. The summed E-state index contributed by atoms with van der Waals surface area (Å²) in [5.74, 6) is 0.849. The number of β-amino-alcohol motifs (C(OH)–C–C–N with tert-alkyl or cyclic N) is 1. The van der Waals surface area contributed by atoms with Gasteiger partial charge in [-0.25, -0.2) is 0 Å². The minimum Gasteiger partial charge on any atom is -0.491 e. The van der Waals surface area contributed by atoms with Gasteiger partial charge in [-0.2, -0.15) is 0 Å². The van der Waals surface area contributed by atoms with Crippen LogP contribution in [0, 0.1) is 0 Å². The molecule has 0 radical (unpaired) electrons. The van der Waals surface area contributed by atoms with Gasteiger partial charge in [-0.05, 0) is 36.5 Å². The van der Waals surface area contributed by atoms with E-state index < -0.39 is 6.10 Å². The van der Waals surface area contributed by atoms with Crippen molar-refractivity contribution in [1.29, 1.82) is 0 Å². The second-order valence-corrected chi connectivity index (χ2v) is 8.33. The fourth-order valence-electron chi connectivity index (χ4n) is 4.34. The Morgan fingerprint density at radius 2 is 1.66 bits per heavy atom. The minimum absolute atomic E-state index is 0.158. The van der Waals surface area contributed by atoms with E-state index in [0.717, 1.165) is 63.3 Å². The van der Waals surface area contributed by atoms with Gasteiger partial charge in [-0.1, -0.05) is 42.5 Å². The number of hydrogen-bond donors (Lipinski definition) is 2. The Kier molecular flexibility index (Phi) is 6.82. The third-order valence-corrected chi connectivity index (χ3v) is 6.03. The van der Waals surface area contributed by atoms with Gasteiger partial charge in [0, 0.05) is 44.8 Å². The quantitative estimate of drug-likeness (QED) is 0.753. The van der Waals surface area contributed by atoms with Gasteiger partial charge < -0.3 is 14.9 Å². The summed E-state index contributed by atoms with van der Waals surface area (Å²) >= 11 is 0. The molecule has 2 aliphatic rings. The molecule has 0 bridgehead atoms. The van der Waals surface area contributed by atoms with E-state index in [1.54, 1.807) is 0 Å². The minimum atomic E-state index is -0.515. The molecule has 1 atom stereocenters. The first-order valence-corrected chi connectivity index (χ1v) is 10.8. The van der Waals surface area contributed by atoms with Crippen LogP contribution in [0.4, 0.5) is 0 Å². The summed E-state index contributed by atoms with van der Waals surface area (Å²) in [6, 6.07) is 16.6. The van der Waals surface area contributed by atoms with Gasteiger partial charge in [-0.15, -0.1) is 0 Å².